The molecule has 0 aromatic carbocycles. The van der Waals surface area contributed by atoms with Crippen LogP contribution in [0.5, 0.6) is 0 Å². The highest BCUT2D eigenvalue weighted by Crippen LogP contribution is 2.43. The van der Waals surface area contributed by atoms with Crippen molar-refractivity contribution in [2.24, 2.45) is 5.41 Å². The molecule has 0 radical (unpaired) electrons. The molecule has 0 saturated heterocycles. The van der Waals surface area contributed by atoms with Crippen molar-refractivity contribution in [1.29, 1.82) is 0 Å². The lowest BCUT2D eigenvalue weighted by molar-refractivity contribution is 0.0466. The van der Waals surface area contributed by atoms with Crippen molar-refractivity contribution >= 4 is 0 Å². The number of aliphatic hydroxyl groups excluding tert-OH is 4. The van der Waals surface area contributed by atoms with Gasteiger partial charge in [-0.2, -0.15) is 0 Å². The van der Waals surface area contributed by atoms with Gasteiger partial charge in [0.05, 0.1) is 31.1 Å². The summed E-state index contributed by atoms with van der Waals surface area (Å²) in [5, 5.41) is 45.3. The van der Waals surface area contributed by atoms with Crippen LogP contribution < -0.4 is 0 Å². The highest BCUT2D eigenvalue weighted by molar-refractivity contribution is 5.00. The van der Waals surface area contributed by atoms with Crippen molar-refractivity contribution in [2.75, 3.05) is 19.8 Å². The molecule has 102 valence electrons. The second-order valence-corrected chi connectivity index (χ2v) is 5.02. The summed E-state index contributed by atoms with van der Waals surface area (Å²) in [6.45, 7) is -0.312. The topological polar surface area (TPSA) is 112 Å². The molecule has 1 fully saturated rings. The molecular formula is C11H19N3O4. The molecule has 2 rings (SSSR count). The minimum Gasteiger partial charge on any atom is -0.396 e. The molecule has 1 saturated carbocycles. The molecule has 0 unspecified atom stereocenters. The minimum atomic E-state index is -0.659. The van der Waals surface area contributed by atoms with Crippen LogP contribution in [0.2, 0.25) is 0 Å². The van der Waals surface area contributed by atoms with Gasteiger partial charge in [-0.15, -0.1) is 5.10 Å². The van der Waals surface area contributed by atoms with Gasteiger partial charge in [0, 0.05) is 24.6 Å². The molecule has 18 heavy (non-hydrogen) atoms. The lowest BCUT2D eigenvalue weighted by Crippen LogP contribution is -2.27. The quantitative estimate of drug-likeness (QED) is 0.510. The Morgan fingerprint density at radius 2 is 2.00 bits per heavy atom. The summed E-state index contributed by atoms with van der Waals surface area (Å²) in [7, 11) is 0. The maximum absolute atomic E-state index is 10.0. The first-order valence-corrected chi connectivity index (χ1v) is 6.05. The Labute approximate surface area is 105 Å². The summed E-state index contributed by atoms with van der Waals surface area (Å²) in [5.74, 6) is 0. The van der Waals surface area contributed by atoms with Gasteiger partial charge in [-0.05, 0) is 12.8 Å². The van der Waals surface area contributed by atoms with Crippen molar-refractivity contribution in [3.05, 3.63) is 11.9 Å². The van der Waals surface area contributed by atoms with Crippen LogP contribution in [-0.4, -0.2) is 61.3 Å². The largest absolute Gasteiger partial charge is 0.396 e. The van der Waals surface area contributed by atoms with Gasteiger partial charge < -0.3 is 20.4 Å². The SMILES string of the molecule is OCCc1cn([C@@H]2CC(CO)(CO)C[C@@H]2O)nn1. The Hall–Kier alpha value is -1.02. The van der Waals surface area contributed by atoms with Crippen LogP contribution in [-0.2, 0) is 6.42 Å². The lowest BCUT2D eigenvalue weighted by atomic mass is 9.88. The summed E-state index contributed by atoms with van der Waals surface area (Å²) in [6, 6.07) is -0.288. The van der Waals surface area contributed by atoms with Gasteiger partial charge >= 0.3 is 0 Å². The third kappa shape index (κ3) is 2.39. The van der Waals surface area contributed by atoms with Gasteiger partial charge in [0.2, 0.25) is 0 Å². The van der Waals surface area contributed by atoms with E-state index in [0.29, 0.717) is 25.0 Å². The maximum atomic E-state index is 10.0. The van der Waals surface area contributed by atoms with Crippen LogP contribution in [0.1, 0.15) is 24.6 Å². The molecule has 0 amide bonds. The minimum absolute atomic E-state index is 0.00311. The van der Waals surface area contributed by atoms with Crippen molar-refractivity contribution in [2.45, 2.75) is 31.4 Å². The second kappa shape index (κ2) is 5.31. The predicted molar refractivity (Wildman–Crippen MR) is 61.7 cm³/mol. The molecule has 0 spiro atoms. The summed E-state index contributed by atoms with van der Waals surface area (Å²) in [6.07, 6.45) is 2.26. The first-order chi connectivity index (χ1) is 8.64. The van der Waals surface area contributed by atoms with E-state index in [-0.39, 0.29) is 25.9 Å². The van der Waals surface area contributed by atoms with Crippen LogP contribution in [0, 0.1) is 5.41 Å². The fraction of sp³-hybridized carbons (Fsp3) is 0.818. The highest BCUT2D eigenvalue weighted by atomic mass is 16.3. The van der Waals surface area contributed by atoms with Gasteiger partial charge in [0.15, 0.2) is 0 Å². The van der Waals surface area contributed by atoms with E-state index in [9.17, 15) is 15.3 Å². The Morgan fingerprint density at radius 1 is 1.28 bits per heavy atom. The normalized spacial score (nSPS) is 26.7. The Bertz CT molecular complexity index is 391. The fourth-order valence-corrected chi connectivity index (χ4v) is 2.53. The maximum Gasteiger partial charge on any atom is 0.0850 e. The number of nitrogens with zero attached hydrogens (tertiary/aromatic N) is 3. The monoisotopic (exact) mass is 257 g/mol. The molecular weight excluding hydrogens is 238 g/mol. The van der Waals surface area contributed by atoms with E-state index in [4.69, 9.17) is 5.11 Å². The van der Waals surface area contributed by atoms with Gasteiger partial charge in [0.1, 0.15) is 0 Å². The van der Waals surface area contributed by atoms with Crippen molar-refractivity contribution < 1.29 is 20.4 Å². The zero-order valence-corrected chi connectivity index (χ0v) is 10.1. The summed E-state index contributed by atoms with van der Waals surface area (Å²) in [5.41, 5.74) is 0.0166. The molecule has 7 nitrogen and oxygen atoms in total. The van der Waals surface area contributed by atoms with Crippen LogP contribution >= 0.6 is 0 Å². The smallest absolute Gasteiger partial charge is 0.0850 e. The van der Waals surface area contributed by atoms with E-state index in [1.165, 1.54) is 0 Å². The predicted octanol–water partition coefficient (Wildman–Crippen LogP) is -1.52. The highest BCUT2D eigenvalue weighted by Gasteiger charge is 2.45. The van der Waals surface area contributed by atoms with Gasteiger partial charge in [-0.25, -0.2) is 4.68 Å². The van der Waals surface area contributed by atoms with E-state index in [2.05, 4.69) is 10.3 Å². The van der Waals surface area contributed by atoms with Crippen molar-refractivity contribution in [3.63, 3.8) is 0 Å². The van der Waals surface area contributed by atoms with E-state index in [1.54, 1.807) is 10.9 Å². The van der Waals surface area contributed by atoms with Crippen molar-refractivity contribution in [1.82, 2.24) is 15.0 Å². The van der Waals surface area contributed by atoms with Gasteiger partial charge in [-0.3, -0.25) is 0 Å². The van der Waals surface area contributed by atoms with E-state index in [1.807, 2.05) is 0 Å². The van der Waals surface area contributed by atoms with E-state index < -0.39 is 11.5 Å². The van der Waals surface area contributed by atoms with Crippen LogP contribution in [0.25, 0.3) is 0 Å². The average molecular weight is 257 g/mol. The molecule has 1 aromatic heterocycles. The average Bonchev–Trinajstić information content (AvgIpc) is 2.95. The molecule has 0 aliphatic heterocycles. The van der Waals surface area contributed by atoms with Crippen LogP contribution in [0.3, 0.4) is 0 Å². The summed E-state index contributed by atoms with van der Waals surface area (Å²) in [4.78, 5) is 0. The van der Waals surface area contributed by atoms with Crippen molar-refractivity contribution in [3.8, 4) is 0 Å². The first-order valence-electron chi connectivity index (χ1n) is 6.05. The third-order valence-corrected chi connectivity index (χ3v) is 3.66. The Morgan fingerprint density at radius 3 is 2.56 bits per heavy atom. The zero-order valence-electron chi connectivity index (χ0n) is 10.1. The first kappa shape index (κ1) is 13.4. The number of aliphatic hydroxyl groups is 4. The molecule has 1 heterocycles. The van der Waals surface area contributed by atoms with E-state index in [0.717, 1.165) is 0 Å². The van der Waals surface area contributed by atoms with Crippen LogP contribution in [0.15, 0.2) is 6.20 Å². The standard InChI is InChI=1S/C11H19N3O4/c15-2-1-8-5-14(13-12-8)9-3-11(6-16,7-17)4-10(9)18/h5,9-10,15-18H,1-4,6-7H2/t9-,10+/m1/s1. The van der Waals surface area contributed by atoms with E-state index >= 15 is 0 Å². The number of hydrogen-bond acceptors (Lipinski definition) is 6. The van der Waals surface area contributed by atoms with Gasteiger partial charge in [-0.1, -0.05) is 5.21 Å². The molecule has 4 N–H and O–H groups in total. The fourth-order valence-electron chi connectivity index (χ4n) is 2.53. The number of aromatic nitrogens is 3. The third-order valence-electron chi connectivity index (χ3n) is 3.66. The molecule has 0 bridgehead atoms. The summed E-state index contributed by atoms with van der Waals surface area (Å²) < 4.78 is 1.56. The molecule has 1 aliphatic rings. The summed E-state index contributed by atoms with van der Waals surface area (Å²) >= 11 is 0. The van der Waals surface area contributed by atoms with Crippen LogP contribution in [0.4, 0.5) is 0 Å². The molecule has 1 aromatic rings. The zero-order chi connectivity index (χ0) is 13.2. The lowest BCUT2D eigenvalue weighted by Gasteiger charge is -2.23. The van der Waals surface area contributed by atoms with Gasteiger partial charge in [0.25, 0.3) is 0 Å². The molecule has 7 heteroatoms. The Balaban J connectivity index is 2.13. The number of rotatable bonds is 5. The molecule has 2 atom stereocenters. The molecule has 1 aliphatic carbocycles. The number of hydrogen-bond donors (Lipinski definition) is 4. The Kier molecular flexibility index (Phi) is 3.96. The second-order valence-electron chi connectivity index (χ2n) is 5.02.